The van der Waals surface area contributed by atoms with E-state index in [1.165, 1.54) is 17.7 Å². The van der Waals surface area contributed by atoms with Crippen molar-refractivity contribution >= 4 is 21.6 Å². The number of hydrogen-bond acceptors (Lipinski definition) is 6. The van der Waals surface area contributed by atoms with Crippen molar-refractivity contribution in [3.8, 4) is 0 Å². The molecule has 2 aliphatic rings. The Kier molecular flexibility index (Phi) is 7.51. The maximum absolute atomic E-state index is 13.1. The number of likely N-dealkylation sites (tertiary alicyclic amines) is 1. The average Bonchev–Trinajstić information content (AvgIpc) is 2.72. The van der Waals surface area contributed by atoms with E-state index in [1.54, 1.807) is 6.07 Å². The van der Waals surface area contributed by atoms with Gasteiger partial charge in [0.1, 0.15) is 0 Å². The highest BCUT2D eigenvalue weighted by Crippen LogP contribution is 2.25. The summed E-state index contributed by atoms with van der Waals surface area (Å²) in [5.74, 6) is -0.259. The second-order valence-electron chi connectivity index (χ2n) is 8.15. The van der Waals surface area contributed by atoms with Gasteiger partial charge in [-0.3, -0.25) is 9.69 Å². The number of primary sulfonamides is 1. The molecular weight excluding hydrogens is 404 g/mol. The minimum absolute atomic E-state index is 0.0544. The molecule has 3 rings (SSSR count). The standard InChI is InChI=1S/C21H32N4O4S/c1-16(2)5-8-24-9-6-17(7-10-24)23-21(26)19-15-18(30(22,27)28)3-4-20(19)25-11-13-29-14-12-25/h3-5,15,17H,6-14H2,1-2H3,(H,23,26)(H2,22,27,28). The van der Waals surface area contributed by atoms with E-state index >= 15 is 0 Å². The quantitative estimate of drug-likeness (QED) is 0.652. The maximum atomic E-state index is 13.1. The van der Waals surface area contributed by atoms with Gasteiger partial charge in [-0.05, 0) is 44.9 Å². The van der Waals surface area contributed by atoms with Crippen molar-refractivity contribution in [2.45, 2.75) is 37.6 Å². The summed E-state index contributed by atoms with van der Waals surface area (Å²) in [6.07, 6.45) is 3.94. The van der Waals surface area contributed by atoms with Gasteiger partial charge in [-0.15, -0.1) is 0 Å². The smallest absolute Gasteiger partial charge is 0.253 e. The third-order valence-electron chi connectivity index (χ3n) is 5.57. The Morgan fingerprint density at radius 1 is 1.20 bits per heavy atom. The number of ether oxygens (including phenoxy) is 1. The van der Waals surface area contributed by atoms with Crippen molar-refractivity contribution in [2.75, 3.05) is 50.8 Å². The first-order valence-electron chi connectivity index (χ1n) is 10.4. The summed E-state index contributed by atoms with van der Waals surface area (Å²) in [5, 5.41) is 8.40. The van der Waals surface area contributed by atoms with Crippen LogP contribution in [0.5, 0.6) is 0 Å². The number of sulfonamides is 1. The summed E-state index contributed by atoms with van der Waals surface area (Å²) in [6.45, 7) is 9.40. The van der Waals surface area contributed by atoms with E-state index < -0.39 is 10.0 Å². The summed E-state index contributed by atoms with van der Waals surface area (Å²) in [7, 11) is -3.90. The van der Waals surface area contributed by atoms with Crippen molar-refractivity contribution in [2.24, 2.45) is 5.14 Å². The number of carbonyl (C=O) groups is 1. The molecule has 0 atom stereocenters. The van der Waals surface area contributed by atoms with Gasteiger partial charge in [-0.2, -0.15) is 0 Å². The summed E-state index contributed by atoms with van der Waals surface area (Å²) in [6, 6.07) is 4.58. The van der Waals surface area contributed by atoms with Gasteiger partial charge >= 0.3 is 0 Å². The van der Waals surface area contributed by atoms with Gasteiger partial charge in [0.25, 0.3) is 5.91 Å². The first kappa shape index (κ1) is 22.7. The average molecular weight is 437 g/mol. The lowest BCUT2D eigenvalue weighted by atomic mass is 10.0. The number of piperidine rings is 1. The Hall–Kier alpha value is -1.94. The van der Waals surface area contributed by atoms with E-state index in [9.17, 15) is 13.2 Å². The largest absolute Gasteiger partial charge is 0.378 e. The molecular formula is C21H32N4O4S. The number of amides is 1. The van der Waals surface area contributed by atoms with E-state index in [4.69, 9.17) is 9.88 Å². The minimum atomic E-state index is -3.90. The molecule has 0 spiro atoms. The van der Waals surface area contributed by atoms with Crippen LogP contribution in [0.1, 0.15) is 37.0 Å². The second-order valence-corrected chi connectivity index (χ2v) is 9.71. The summed E-state index contributed by atoms with van der Waals surface area (Å²) >= 11 is 0. The molecule has 0 aromatic heterocycles. The van der Waals surface area contributed by atoms with Crippen LogP contribution < -0.4 is 15.4 Å². The molecule has 0 bridgehead atoms. The summed E-state index contributed by atoms with van der Waals surface area (Å²) < 4.78 is 29.1. The molecule has 0 radical (unpaired) electrons. The molecule has 2 heterocycles. The fourth-order valence-electron chi connectivity index (χ4n) is 3.79. The molecule has 8 nitrogen and oxygen atoms in total. The van der Waals surface area contributed by atoms with Crippen molar-refractivity contribution < 1.29 is 17.9 Å². The lowest BCUT2D eigenvalue weighted by Crippen LogP contribution is -2.45. The van der Waals surface area contributed by atoms with Crippen molar-refractivity contribution in [1.82, 2.24) is 10.2 Å². The van der Waals surface area contributed by atoms with Gasteiger partial charge in [0.15, 0.2) is 0 Å². The Balaban J connectivity index is 1.73. The molecule has 166 valence electrons. The normalized spacial score (nSPS) is 18.8. The molecule has 0 unspecified atom stereocenters. The fourth-order valence-corrected chi connectivity index (χ4v) is 4.33. The Labute approximate surface area is 179 Å². The molecule has 2 saturated heterocycles. The van der Waals surface area contributed by atoms with Gasteiger partial charge in [0, 0.05) is 44.5 Å². The summed E-state index contributed by atoms with van der Waals surface area (Å²) in [5.41, 5.74) is 2.36. The number of anilines is 1. The molecule has 1 amide bonds. The Morgan fingerprint density at radius 2 is 1.87 bits per heavy atom. The lowest BCUT2D eigenvalue weighted by molar-refractivity contribution is 0.0912. The van der Waals surface area contributed by atoms with Gasteiger partial charge in [-0.1, -0.05) is 11.6 Å². The number of morpholine rings is 1. The van der Waals surface area contributed by atoms with Crippen LogP contribution >= 0.6 is 0 Å². The minimum Gasteiger partial charge on any atom is -0.378 e. The Morgan fingerprint density at radius 3 is 2.47 bits per heavy atom. The zero-order valence-corrected chi connectivity index (χ0v) is 18.6. The number of hydrogen-bond donors (Lipinski definition) is 2. The molecule has 2 aliphatic heterocycles. The van der Waals surface area contributed by atoms with Gasteiger partial charge in [0.05, 0.1) is 23.7 Å². The molecule has 0 aliphatic carbocycles. The highest BCUT2D eigenvalue weighted by Gasteiger charge is 2.25. The number of benzene rings is 1. The molecule has 9 heteroatoms. The molecule has 2 fully saturated rings. The fraction of sp³-hybridized carbons (Fsp3) is 0.571. The van der Waals surface area contributed by atoms with E-state index in [0.717, 1.165) is 32.5 Å². The predicted octanol–water partition coefficient (Wildman–Crippen LogP) is 1.33. The van der Waals surface area contributed by atoms with Crippen LogP contribution in [0.2, 0.25) is 0 Å². The number of allylic oxidation sites excluding steroid dienone is 1. The zero-order valence-electron chi connectivity index (χ0n) is 17.8. The molecule has 1 aromatic rings. The number of carbonyl (C=O) groups excluding carboxylic acids is 1. The number of nitrogens with two attached hydrogens (primary N) is 1. The highest BCUT2D eigenvalue weighted by molar-refractivity contribution is 7.89. The Bertz CT molecular complexity index is 882. The first-order chi connectivity index (χ1) is 14.2. The number of nitrogens with zero attached hydrogens (tertiary/aromatic N) is 2. The van der Waals surface area contributed by atoms with Crippen LogP contribution in [-0.2, 0) is 14.8 Å². The maximum Gasteiger partial charge on any atom is 0.253 e. The zero-order chi connectivity index (χ0) is 21.7. The van der Waals surface area contributed by atoms with Crippen LogP contribution in [0.25, 0.3) is 0 Å². The number of nitrogens with one attached hydrogen (secondary N) is 1. The first-order valence-corrected chi connectivity index (χ1v) is 11.9. The van der Waals surface area contributed by atoms with Crippen LogP contribution in [0.4, 0.5) is 5.69 Å². The van der Waals surface area contributed by atoms with Gasteiger partial charge in [0.2, 0.25) is 10.0 Å². The van der Waals surface area contributed by atoms with Gasteiger partial charge < -0.3 is 15.0 Å². The lowest BCUT2D eigenvalue weighted by Gasteiger charge is -2.33. The molecule has 0 saturated carbocycles. The van der Waals surface area contributed by atoms with E-state index in [1.807, 2.05) is 4.90 Å². The van der Waals surface area contributed by atoms with Crippen molar-refractivity contribution in [3.63, 3.8) is 0 Å². The third kappa shape index (κ3) is 6.04. The molecule has 3 N–H and O–H groups in total. The predicted molar refractivity (Wildman–Crippen MR) is 117 cm³/mol. The number of rotatable bonds is 6. The summed E-state index contributed by atoms with van der Waals surface area (Å²) in [4.78, 5) is 17.5. The topological polar surface area (TPSA) is 105 Å². The second kappa shape index (κ2) is 9.91. The monoisotopic (exact) mass is 436 g/mol. The SMILES string of the molecule is CC(C)=CCN1CCC(NC(=O)c2cc(S(N)(=O)=O)ccc2N2CCOCC2)CC1. The highest BCUT2D eigenvalue weighted by atomic mass is 32.2. The molecule has 1 aromatic carbocycles. The van der Waals surface area contributed by atoms with Gasteiger partial charge in [-0.25, -0.2) is 13.6 Å². The van der Waals surface area contributed by atoms with Crippen molar-refractivity contribution in [1.29, 1.82) is 0 Å². The van der Waals surface area contributed by atoms with E-state index in [-0.39, 0.29) is 16.8 Å². The molecule has 30 heavy (non-hydrogen) atoms. The third-order valence-corrected chi connectivity index (χ3v) is 6.48. The van der Waals surface area contributed by atoms with Crippen LogP contribution in [0.15, 0.2) is 34.7 Å². The van der Waals surface area contributed by atoms with Crippen molar-refractivity contribution in [3.05, 3.63) is 35.4 Å². The van der Waals surface area contributed by atoms with Crippen LogP contribution in [-0.4, -0.2) is 71.2 Å². The van der Waals surface area contributed by atoms with E-state index in [0.29, 0.717) is 37.6 Å². The van der Waals surface area contributed by atoms with Crippen LogP contribution in [0, 0.1) is 0 Å². The van der Waals surface area contributed by atoms with Crippen LogP contribution in [0.3, 0.4) is 0 Å². The van der Waals surface area contributed by atoms with E-state index in [2.05, 4.69) is 30.1 Å².